The zero-order valence-electron chi connectivity index (χ0n) is 5.40. The molecule has 0 aliphatic rings. The van der Waals surface area contributed by atoms with Crippen molar-refractivity contribution in [2.75, 3.05) is 0 Å². The van der Waals surface area contributed by atoms with Crippen LogP contribution in [0.4, 0.5) is 0 Å². The van der Waals surface area contributed by atoms with Crippen molar-refractivity contribution in [1.82, 2.24) is 0 Å². The first kappa shape index (κ1) is 7.09. The van der Waals surface area contributed by atoms with Crippen LogP contribution in [0.1, 0.15) is 5.56 Å². The zero-order chi connectivity index (χ0) is 7.23. The maximum Gasteiger partial charge on any atom is 0.0897 e. The van der Waals surface area contributed by atoms with E-state index >= 15 is 0 Å². The van der Waals surface area contributed by atoms with Crippen molar-refractivity contribution in [3.8, 4) is 0 Å². The lowest BCUT2D eigenvalue weighted by Crippen LogP contribution is -1.77. The van der Waals surface area contributed by atoms with Gasteiger partial charge in [0.2, 0.25) is 0 Å². The van der Waals surface area contributed by atoms with E-state index in [1.807, 2.05) is 30.3 Å². The highest BCUT2D eigenvalue weighted by atomic mass is 32.1. The number of hydrogen-bond acceptors (Lipinski definition) is 1. The summed E-state index contributed by atoms with van der Waals surface area (Å²) in [5.41, 5.74) is 2.43. The van der Waals surface area contributed by atoms with Crippen LogP contribution >= 0.6 is 12.2 Å². The van der Waals surface area contributed by atoms with Crippen molar-refractivity contribution in [2.45, 2.75) is 0 Å². The number of nitrogens with zero attached hydrogens (tertiary/aromatic N) is 1. The van der Waals surface area contributed by atoms with Crippen molar-refractivity contribution in [3.63, 3.8) is 0 Å². The molecule has 0 aliphatic heterocycles. The Kier molecular flexibility index (Phi) is 2.77. The zero-order valence-corrected chi connectivity index (χ0v) is 6.21. The average Bonchev–Trinajstić information content (AvgIpc) is 2.03. The SMILES string of the molecule is S=CN=Cc1ccccc1. The second-order valence-corrected chi connectivity index (χ2v) is 2.01. The van der Waals surface area contributed by atoms with E-state index in [0.29, 0.717) is 0 Å². The maximum atomic E-state index is 4.53. The van der Waals surface area contributed by atoms with Gasteiger partial charge in [-0.2, -0.15) is 0 Å². The molecular weight excluding hydrogens is 142 g/mol. The van der Waals surface area contributed by atoms with Crippen LogP contribution in [-0.2, 0) is 0 Å². The van der Waals surface area contributed by atoms with E-state index < -0.39 is 0 Å². The van der Waals surface area contributed by atoms with Crippen molar-refractivity contribution < 1.29 is 0 Å². The summed E-state index contributed by atoms with van der Waals surface area (Å²) in [7, 11) is 0. The molecular formula is C8H7NS. The summed E-state index contributed by atoms with van der Waals surface area (Å²) in [6.45, 7) is 0. The monoisotopic (exact) mass is 149 g/mol. The van der Waals surface area contributed by atoms with Gasteiger partial charge in [-0.15, -0.1) is 0 Å². The van der Waals surface area contributed by atoms with Gasteiger partial charge >= 0.3 is 0 Å². The number of thiocarbonyl (C=S) groups is 1. The van der Waals surface area contributed by atoms with Crippen LogP contribution in [0, 0.1) is 0 Å². The summed E-state index contributed by atoms with van der Waals surface area (Å²) in [4.78, 5) is 3.81. The Hall–Kier alpha value is -1.02. The summed E-state index contributed by atoms with van der Waals surface area (Å²) in [6, 6.07) is 9.84. The lowest BCUT2D eigenvalue weighted by Gasteiger charge is -1.86. The van der Waals surface area contributed by atoms with Gasteiger partial charge in [-0.05, 0) is 5.56 Å². The molecule has 50 valence electrons. The molecule has 1 aromatic rings. The number of aliphatic imine (C=N–C) groups is 1. The smallest absolute Gasteiger partial charge is 0.0897 e. The van der Waals surface area contributed by atoms with E-state index in [2.05, 4.69) is 17.2 Å². The van der Waals surface area contributed by atoms with Gasteiger partial charge in [-0.1, -0.05) is 42.5 Å². The fourth-order valence-corrected chi connectivity index (χ4v) is 0.716. The van der Waals surface area contributed by atoms with Gasteiger partial charge in [-0.3, -0.25) is 4.99 Å². The van der Waals surface area contributed by atoms with Gasteiger partial charge in [-0.25, -0.2) is 0 Å². The third-order valence-corrected chi connectivity index (χ3v) is 1.21. The Bertz CT molecular complexity index is 228. The summed E-state index contributed by atoms with van der Waals surface area (Å²) in [5.74, 6) is 0. The fourth-order valence-electron chi connectivity index (χ4n) is 0.656. The average molecular weight is 149 g/mol. The molecule has 0 aliphatic carbocycles. The first-order valence-electron chi connectivity index (χ1n) is 2.95. The van der Waals surface area contributed by atoms with E-state index in [1.165, 1.54) is 5.49 Å². The molecule has 0 saturated carbocycles. The summed E-state index contributed by atoms with van der Waals surface area (Å²) < 4.78 is 0. The van der Waals surface area contributed by atoms with Crippen molar-refractivity contribution in [2.24, 2.45) is 4.99 Å². The molecule has 0 heterocycles. The lowest BCUT2D eigenvalue weighted by molar-refractivity contribution is 1.66. The Morgan fingerprint density at radius 3 is 2.50 bits per heavy atom. The van der Waals surface area contributed by atoms with Crippen LogP contribution in [0.25, 0.3) is 0 Å². The van der Waals surface area contributed by atoms with Gasteiger partial charge in [0.1, 0.15) is 0 Å². The lowest BCUT2D eigenvalue weighted by atomic mass is 10.2. The summed E-state index contributed by atoms with van der Waals surface area (Å²) >= 11 is 4.53. The molecule has 1 rings (SSSR count). The van der Waals surface area contributed by atoms with Crippen LogP contribution < -0.4 is 0 Å². The summed E-state index contributed by atoms with van der Waals surface area (Å²) in [5, 5.41) is 0. The van der Waals surface area contributed by atoms with Gasteiger partial charge in [0.05, 0.1) is 5.49 Å². The van der Waals surface area contributed by atoms with E-state index in [-0.39, 0.29) is 0 Å². The minimum absolute atomic E-state index is 1.07. The van der Waals surface area contributed by atoms with Gasteiger partial charge in [0.15, 0.2) is 0 Å². The van der Waals surface area contributed by atoms with Gasteiger partial charge < -0.3 is 0 Å². The Labute approximate surface area is 65.4 Å². The normalized spacial score (nSPS) is 10.0. The second kappa shape index (κ2) is 3.90. The van der Waals surface area contributed by atoms with Crippen LogP contribution in [0.5, 0.6) is 0 Å². The molecule has 0 saturated heterocycles. The van der Waals surface area contributed by atoms with Crippen LogP contribution in [-0.4, -0.2) is 11.7 Å². The number of benzene rings is 1. The highest BCUT2D eigenvalue weighted by Crippen LogP contribution is 1.92. The fraction of sp³-hybridized carbons (Fsp3) is 0. The predicted molar refractivity (Wildman–Crippen MR) is 47.7 cm³/mol. The van der Waals surface area contributed by atoms with E-state index in [1.54, 1.807) is 6.21 Å². The molecule has 0 unspecified atom stereocenters. The molecule has 0 atom stereocenters. The molecule has 0 N–H and O–H groups in total. The Morgan fingerprint density at radius 1 is 1.20 bits per heavy atom. The number of hydrogen-bond donors (Lipinski definition) is 0. The molecule has 0 amide bonds. The number of rotatable bonds is 2. The molecule has 10 heavy (non-hydrogen) atoms. The highest BCUT2D eigenvalue weighted by Gasteiger charge is 1.79. The van der Waals surface area contributed by atoms with Crippen LogP contribution in [0.15, 0.2) is 35.3 Å². The topological polar surface area (TPSA) is 12.4 Å². The predicted octanol–water partition coefficient (Wildman–Crippen LogP) is 2.06. The van der Waals surface area contributed by atoms with Crippen LogP contribution in [0.2, 0.25) is 0 Å². The Balaban J connectivity index is 2.76. The highest BCUT2D eigenvalue weighted by molar-refractivity contribution is 7.78. The molecule has 0 aromatic heterocycles. The van der Waals surface area contributed by atoms with Crippen molar-refractivity contribution >= 4 is 23.9 Å². The Morgan fingerprint density at radius 2 is 1.90 bits per heavy atom. The van der Waals surface area contributed by atoms with E-state index in [0.717, 1.165) is 5.56 Å². The van der Waals surface area contributed by atoms with E-state index in [4.69, 9.17) is 0 Å². The quantitative estimate of drug-likeness (QED) is 0.463. The first-order valence-corrected chi connectivity index (χ1v) is 3.42. The molecule has 0 fully saturated rings. The first-order chi connectivity index (χ1) is 4.93. The minimum atomic E-state index is 1.07. The van der Waals surface area contributed by atoms with Gasteiger partial charge in [0, 0.05) is 6.21 Å². The summed E-state index contributed by atoms with van der Waals surface area (Å²) in [6.07, 6.45) is 1.73. The standard InChI is InChI=1S/C8H7NS/c10-7-9-6-8-4-2-1-3-5-8/h1-7H. The minimum Gasteiger partial charge on any atom is -0.253 e. The molecule has 0 bridgehead atoms. The second-order valence-electron chi connectivity index (χ2n) is 1.79. The molecule has 1 nitrogen and oxygen atoms in total. The third-order valence-electron chi connectivity index (χ3n) is 1.08. The molecule has 2 heteroatoms. The molecule has 0 radical (unpaired) electrons. The van der Waals surface area contributed by atoms with Crippen molar-refractivity contribution in [1.29, 1.82) is 0 Å². The van der Waals surface area contributed by atoms with E-state index in [9.17, 15) is 0 Å². The maximum absolute atomic E-state index is 4.53. The van der Waals surface area contributed by atoms with Gasteiger partial charge in [0.25, 0.3) is 0 Å². The van der Waals surface area contributed by atoms with Crippen molar-refractivity contribution in [3.05, 3.63) is 35.9 Å². The molecule has 0 spiro atoms. The largest absolute Gasteiger partial charge is 0.253 e. The third kappa shape index (κ3) is 2.07. The molecule has 1 aromatic carbocycles. The van der Waals surface area contributed by atoms with Crippen LogP contribution in [0.3, 0.4) is 0 Å².